The van der Waals surface area contributed by atoms with Crippen LogP contribution in [0.15, 0.2) is 28.6 Å². The maximum absolute atomic E-state index is 5.59. The van der Waals surface area contributed by atoms with Crippen LogP contribution in [0, 0.1) is 6.92 Å². The van der Waals surface area contributed by atoms with E-state index in [1.165, 1.54) is 29.0 Å². The molecule has 1 aromatic carbocycles. The van der Waals surface area contributed by atoms with Crippen LogP contribution in [0.4, 0.5) is 10.8 Å². The van der Waals surface area contributed by atoms with Crippen molar-refractivity contribution in [2.24, 2.45) is 0 Å². The summed E-state index contributed by atoms with van der Waals surface area (Å²) < 4.78 is 0.978. The fourth-order valence-corrected chi connectivity index (χ4v) is 4.41. The first-order valence-corrected chi connectivity index (χ1v) is 9.77. The van der Waals surface area contributed by atoms with Gasteiger partial charge in [-0.1, -0.05) is 35.2 Å². The van der Waals surface area contributed by atoms with Crippen molar-refractivity contribution in [3.63, 3.8) is 0 Å². The minimum Gasteiger partial charge on any atom is -0.374 e. The van der Waals surface area contributed by atoms with Crippen molar-refractivity contribution in [3.05, 3.63) is 29.8 Å². The molecule has 2 N–H and O–H groups in total. The van der Waals surface area contributed by atoms with Crippen molar-refractivity contribution < 1.29 is 0 Å². The predicted molar refractivity (Wildman–Crippen MR) is 99.5 cm³/mol. The highest BCUT2D eigenvalue weighted by molar-refractivity contribution is 8.01. The molecule has 2 heterocycles. The van der Waals surface area contributed by atoms with Gasteiger partial charge in [0.25, 0.3) is 0 Å². The first-order chi connectivity index (χ1) is 11.2. The van der Waals surface area contributed by atoms with Crippen LogP contribution in [0.3, 0.4) is 0 Å². The van der Waals surface area contributed by atoms with E-state index in [0.717, 1.165) is 42.8 Å². The lowest BCUT2D eigenvalue weighted by Crippen LogP contribution is -2.46. The topological polar surface area (TPSA) is 58.3 Å². The van der Waals surface area contributed by atoms with Crippen molar-refractivity contribution in [1.29, 1.82) is 0 Å². The van der Waals surface area contributed by atoms with Gasteiger partial charge in [-0.15, -0.1) is 10.2 Å². The minimum absolute atomic E-state index is 0.555. The number of nitrogen functional groups attached to an aromatic ring is 1. The molecule has 1 fully saturated rings. The molecular formula is C16H23N5S2. The van der Waals surface area contributed by atoms with E-state index < -0.39 is 0 Å². The second kappa shape index (κ2) is 7.99. The van der Waals surface area contributed by atoms with Crippen LogP contribution in [0.5, 0.6) is 0 Å². The zero-order valence-corrected chi connectivity index (χ0v) is 15.1. The van der Waals surface area contributed by atoms with Gasteiger partial charge in [-0.05, 0) is 37.6 Å². The van der Waals surface area contributed by atoms with Gasteiger partial charge in [0.05, 0.1) is 0 Å². The summed E-state index contributed by atoms with van der Waals surface area (Å²) >= 11 is 3.23. The maximum atomic E-state index is 5.59. The third-order valence-electron chi connectivity index (χ3n) is 4.01. The number of benzene rings is 1. The average Bonchev–Trinajstić information content (AvgIpc) is 2.98. The van der Waals surface area contributed by atoms with Crippen LogP contribution in [0.25, 0.3) is 0 Å². The molecule has 0 amide bonds. The number of aryl methyl sites for hydroxylation is 1. The zero-order valence-electron chi connectivity index (χ0n) is 13.4. The van der Waals surface area contributed by atoms with Gasteiger partial charge in [-0.2, -0.15) is 0 Å². The molecule has 0 radical (unpaired) electrons. The number of aromatic nitrogens is 2. The number of hydrogen-bond acceptors (Lipinski definition) is 7. The van der Waals surface area contributed by atoms with Gasteiger partial charge in [-0.25, -0.2) is 0 Å². The fraction of sp³-hybridized carbons (Fsp3) is 0.500. The third kappa shape index (κ3) is 4.83. The number of rotatable bonds is 6. The summed E-state index contributed by atoms with van der Waals surface area (Å²) in [5.74, 6) is 1.08. The molecule has 0 atom stereocenters. The van der Waals surface area contributed by atoms with Gasteiger partial charge < -0.3 is 10.6 Å². The molecule has 0 unspecified atom stereocenters. The molecule has 3 rings (SSSR count). The monoisotopic (exact) mass is 349 g/mol. The van der Waals surface area contributed by atoms with Crippen LogP contribution in [-0.2, 0) is 0 Å². The Balaban J connectivity index is 1.36. The Bertz CT molecular complexity index is 622. The highest BCUT2D eigenvalue weighted by Crippen LogP contribution is 2.24. The molecule has 1 aromatic heterocycles. The van der Waals surface area contributed by atoms with Gasteiger partial charge in [0, 0.05) is 37.6 Å². The van der Waals surface area contributed by atoms with Crippen molar-refractivity contribution in [1.82, 2.24) is 15.1 Å². The van der Waals surface area contributed by atoms with Gasteiger partial charge in [0.2, 0.25) is 5.13 Å². The number of thioether (sulfide) groups is 1. The van der Waals surface area contributed by atoms with Gasteiger partial charge in [0.15, 0.2) is 4.34 Å². The molecule has 1 saturated heterocycles. The lowest BCUT2D eigenvalue weighted by Gasteiger charge is -2.36. The number of hydrogen-bond donors (Lipinski definition) is 1. The summed E-state index contributed by atoms with van der Waals surface area (Å²) in [7, 11) is 0. The highest BCUT2D eigenvalue weighted by atomic mass is 32.2. The van der Waals surface area contributed by atoms with Crippen molar-refractivity contribution in [2.45, 2.75) is 17.7 Å². The molecule has 7 heteroatoms. The predicted octanol–water partition coefficient (Wildman–Crippen LogP) is 2.73. The molecule has 23 heavy (non-hydrogen) atoms. The van der Waals surface area contributed by atoms with Crippen LogP contribution in [0.1, 0.15) is 12.0 Å². The Hall–Kier alpha value is -1.31. The Morgan fingerprint density at radius 3 is 2.74 bits per heavy atom. The number of anilines is 2. The fourth-order valence-electron chi connectivity index (χ4n) is 2.78. The summed E-state index contributed by atoms with van der Waals surface area (Å²) in [6.07, 6.45) is 1.18. The van der Waals surface area contributed by atoms with E-state index in [9.17, 15) is 0 Å². The van der Waals surface area contributed by atoms with E-state index >= 15 is 0 Å². The van der Waals surface area contributed by atoms with E-state index in [1.807, 2.05) is 0 Å². The van der Waals surface area contributed by atoms with Crippen LogP contribution in [0.2, 0.25) is 0 Å². The highest BCUT2D eigenvalue weighted by Gasteiger charge is 2.16. The maximum Gasteiger partial charge on any atom is 0.203 e. The van der Waals surface area contributed by atoms with E-state index in [1.54, 1.807) is 11.8 Å². The van der Waals surface area contributed by atoms with E-state index in [2.05, 4.69) is 51.2 Å². The van der Waals surface area contributed by atoms with Crippen molar-refractivity contribution in [3.8, 4) is 0 Å². The van der Waals surface area contributed by atoms with Crippen LogP contribution >= 0.6 is 23.1 Å². The molecular weight excluding hydrogens is 326 g/mol. The Morgan fingerprint density at radius 1 is 1.22 bits per heavy atom. The lowest BCUT2D eigenvalue weighted by atomic mass is 10.2. The summed E-state index contributed by atoms with van der Waals surface area (Å²) in [5, 5.41) is 8.43. The van der Waals surface area contributed by atoms with E-state index in [0.29, 0.717) is 5.13 Å². The quantitative estimate of drug-likeness (QED) is 0.639. The van der Waals surface area contributed by atoms with Crippen molar-refractivity contribution >= 4 is 33.9 Å². The average molecular weight is 350 g/mol. The second-order valence-corrected chi connectivity index (χ2v) is 8.13. The Labute approximate surface area is 145 Å². The zero-order chi connectivity index (χ0) is 16.1. The molecule has 0 saturated carbocycles. The SMILES string of the molecule is Cc1cccc(N2CCN(CCCSc3nnc(N)s3)CC2)c1. The van der Waals surface area contributed by atoms with Gasteiger partial charge in [0.1, 0.15) is 0 Å². The van der Waals surface area contributed by atoms with Gasteiger partial charge in [-0.3, -0.25) is 4.90 Å². The van der Waals surface area contributed by atoms with Crippen LogP contribution < -0.4 is 10.6 Å². The third-order valence-corrected chi connectivity index (χ3v) is 5.98. The largest absolute Gasteiger partial charge is 0.374 e. The first kappa shape index (κ1) is 16.5. The van der Waals surface area contributed by atoms with Crippen LogP contribution in [-0.4, -0.2) is 53.6 Å². The van der Waals surface area contributed by atoms with Crippen molar-refractivity contribution in [2.75, 3.05) is 49.1 Å². The van der Waals surface area contributed by atoms with E-state index in [-0.39, 0.29) is 0 Å². The summed E-state index contributed by atoms with van der Waals surface area (Å²) in [5.41, 5.74) is 8.28. The standard InChI is InChI=1S/C16H23N5S2/c1-13-4-2-5-14(12-13)21-9-7-20(8-10-21)6-3-11-22-16-19-18-15(17)23-16/h2,4-5,12H,3,6-11H2,1H3,(H2,17,18). The Morgan fingerprint density at radius 2 is 2.04 bits per heavy atom. The summed E-state index contributed by atoms with van der Waals surface area (Å²) in [6, 6.07) is 8.80. The molecule has 5 nitrogen and oxygen atoms in total. The molecule has 1 aliphatic rings. The Kier molecular flexibility index (Phi) is 5.75. The summed E-state index contributed by atoms with van der Waals surface area (Å²) in [6.45, 7) is 7.83. The normalized spacial score (nSPS) is 16.0. The second-order valence-electron chi connectivity index (χ2n) is 5.78. The van der Waals surface area contributed by atoms with Gasteiger partial charge >= 0.3 is 0 Å². The smallest absolute Gasteiger partial charge is 0.203 e. The molecule has 1 aliphatic heterocycles. The lowest BCUT2D eigenvalue weighted by molar-refractivity contribution is 0.259. The molecule has 124 valence electrons. The molecule has 0 aliphatic carbocycles. The molecule has 0 spiro atoms. The number of piperazine rings is 1. The van der Waals surface area contributed by atoms with E-state index in [4.69, 9.17) is 5.73 Å². The minimum atomic E-state index is 0.555. The first-order valence-electron chi connectivity index (χ1n) is 7.96. The number of nitrogens with two attached hydrogens (primary N) is 1. The summed E-state index contributed by atoms with van der Waals surface area (Å²) in [4.78, 5) is 5.05. The number of nitrogens with zero attached hydrogens (tertiary/aromatic N) is 4. The molecule has 0 bridgehead atoms. The molecule has 2 aromatic rings.